The van der Waals surface area contributed by atoms with Gasteiger partial charge in [-0.15, -0.1) is 0 Å². The van der Waals surface area contributed by atoms with E-state index in [4.69, 9.17) is 4.74 Å². The summed E-state index contributed by atoms with van der Waals surface area (Å²) in [4.78, 5) is 25.7. The van der Waals surface area contributed by atoms with Crippen molar-refractivity contribution in [1.82, 2.24) is 5.32 Å². The Hall–Kier alpha value is -3.40. The Morgan fingerprint density at radius 3 is 2.25 bits per heavy atom. The molecule has 2 atom stereocenters. The van der Waals surface area contributed by atoms with Gasteiger partial charge in [-0.05, 0) is 48.7 Å². The van der Waals surface area contributed by atoms with E-state index in [1.54, 1.807) is 24.3 Å². The molecule has 4 nitrogen and oxygen atoms in total. The molecule has 3 aromatic rings. The van der Waals surface area contributed by atoms with E-state index in [0.717, 1.165) is 22.3 Å². The molecule has 0 unspecified atom stereocenters. The van der Waals surface area contributed by atoms with Crippen molar-refractivity contribution in [2.75, 3.05) is 0 Å². The second-order valence-electron chi connectivity index (χ2n) is 7.12. The Morgan fingerprint density at radius 2 is 1.57 bits per heavy atom. The second-order valence-corrected chi connectivity index (χ2v) is 7.12. The van der Waals surface area contributed by atoms with Crippen molar-refractivity contribution in [3.8, 4) is 5.75 Å². The molecule has 1 heterocycles. The first-order valence-electron chi connectivity index (χ1n) is 9.28. The normalized spacial score (nSPS) is 18.1. The third-order valence-corrected chi connectivity index (χ3v) is 5.08. The third-order valence-electron chi connectivity index (χ3n) is 5.08. The summed E-state index contributed by atoms with van der Waals surface area (Å²) in [6, 6.07) is 21.8. The van der Waals surface area contributed by atoms with Crippen LogP contribution in [0.4, 0.5) is 0 Å². The molecule has 0 bridgehead atoms. The number of amides is 1. The van der Waals surface area contributed by atoms with E-state index in [1.165, 1.54) is 0 Å². The van der Waals surface area contributed by atoms with E-state index in [0.29, 0.717) is 11.3 Å². The summed E-state index contributed by atoms with van der Waals surface area (Å²) >= 11 is 0. The number of aryl methyl sites for hydroxylation is 2. The number of esters is 1. The average Bonchev–Trinajstić information content (AvgIpc) is 2.70. The maximum atomic E-state index is 12.9. The highest BCUT2D eigenvalue weighted by molar-refractivity contribution is 5.98. The molecule has 4 heteroatoms. The van der Waals surface area contributed by atoms with Gasteiger partial charge in [-0.1, -0.05) is 54.6 Å². The lowest BCUT2D eigenvalue weighted by Crippen LogP contribution is -2.49. The van der Waals surface area contributed by atoms with Gasteiger partial charge in [-0.2, -0.15) is 0 Å². The Morgan fingerprint density at radius 1 is 0.929 bits per heavy atom. The molecule has 0 saturated carbocycles. The summed E-state index contributed by atoms with van der Waals surface area (Å²) in [5.74, 6) is -0.486. The highest BCUT2D eigenvalue weighted by Gasteiger charge is 2.40. The molecule has 140 valence electrons. The zero-order valence-corrected chi connectivity index (χ0v) is 15.8. The highest BCUT2D eigenvalue weighted by atomic mass is 16.5. The van der Waals surface area contributed by atoms with E-state index < -0.39 is 12.0 Å². The lowest BCUT2D eigenvalue weighted by atomic mass is 9.80. The zero-order valence-electron chi connectivity index (χ0n) is 15.8. The van der Waals surface area contributed by atoms with Gasteiger partial charge in [0.25, 0.3) is 5.91 Å². The number of hydrogen-bond donors (Lipinski definition) is 1. The third kappa shape index (κ3) is 3.29. The Kier molecular flexibility index (Phi) is 4.70. The highest BCUT2D eigenvalue weighted by Crippen LogP contribution is 2.41. The van der Waals surface area contributed by atoms with Gasteiger partial charge in [-0.3, -0.25) is 4.79 Å². The van der Waals surface area contributed by atoms with E-state index in [-0.39, 0.29) is 11.8 Å². The minimum Gasteiger partial charge on any atom is -0.425 e. The minimum atomic E-state index is -0.802. The van der Waals surface area contributed by atoms with Crippen molar-refractivity contribution in [3.63, 3.8) is 0 Å². The van der Waals surface area contributed by atoms with Crippen molar-refractivity contribution < 1.29 is 14.3 Å². The van der Waals surface area contributed by atoms with Crippen LogP contribution in [0.2, 0.25) is 0 Å². The van der Waals surface area contributed by atoms with Crippen LogP contribution < -0.4 is 10.1 Å². The second kappa shape index (κ2) is 7.31. The molecule has 0 spiro atoms. The molecule has 0 aromatic heterocycles. The fraction of sp³-hybridized carbons (Fsp3) is 0.167. The molecule has 1 amide bonds. The van der Waals surface area contributed by atoms with Crippen LogP contribution in [-0.4, -0.2) is 17.9 Å². The summed E-state index contributed by atoms with van der Waals surface area (Å²) in [5, 5.41) is 2.90. The van der Waals surface area contributed by atoms with Crippen LogP contribution in [-0.2, 0) is 4.79 Å². The number of hydrogen-bond acceptors (Lipinski definition) is 3. The van der Waals surface area contributed by atoms with E-state index in [1.807, 2.05) is 56.3 Å². The monoisotopic (exact) mass is 371 g/mol. The number of benzene rings is 3. The number of fused-ring (bicyclic) bond motifs is 1. The first-order valence-corrected chi connectivity index (χ1v) is 9.28. The molecule has 1 N–H and O–H groups in total. The first-order chi connectivity index (χ1) is 13.5. The molecule has 0 fully saturated rings. The lowest BCUT2D eigenvalue weighted by molar-refractivity contribution is -0.138. The first kappa shape index (κ1) is 18.0. The van der Waals surface area contributed by atoms with Crippen LogP contribution in [0.25, 0.3) is 0 Å². The molecule has 4 rings (SSSR count). The summed E-state index contributed by atoms with van der Waals surface area (Å²) in [6.07, 6.45) is 0. The topological polar surface area (TPSA) is 55.4 Å². The van der Waals surface area contributed by atoms with Gasteiger partial charge in [0.05, 0.1) is 0 Å². The van der Waals surface area contributed by atoms with Gasteiger partial charge >= 0.3 is 5.97 Å². The summed E-state index contributed by atoms with van der Waals surface area (Å²) < 4.78 is 5.64. The average molecular weight is 371 g/mol. The Bertz CT molecular complexity index is 1030. The number of carbonyl (C=O) groups excluding carboxylic acids is 2. The smallest absolute Gasteiger partial charge is 0.335 e. The quantitative estimate of drug-likeness (QED) is 0.556. The molecular weight excluding hydrogens is 350 g/mol. The fourth-order valence-corrected chi connectivity index (χ4v) is 3.87. The van der Waals surface area contributed by atoms with E-state index in [9.17, 15) is 9.59 Å². The van der Waals surface area contributed by atoms with Crippen molar-refractivity contribution in [1.29, 1.82) is 0 Å². The molecule has 0 aliphatic carbocycles. The molecule has 1 aliphatic rings. The van der Waals surface area contributed by atoms with Gasteiger partial charge in [0.1, 0.15) is 11.8 Å². The zero-order chi connectivity index (χ0) is 19.7. The van der Waals surface area contributed by atoms with Crippen molar-refractivity contribution >= 4 is 11.9 Å². The molecule has 1 aliphatic heterocycles. The standard InChI is InChI=1S/C24H21NO3/c1-15-13-16(2)20-19(14-15)28-24(27)22(21(20)17-9-5-3-6-10-17)25-23(26)18-11-7-4-8-12-18/h3-14,21-22H,1-2H3,(H,25,26)/t21-,22-/m0/s1. The van der Waals surface area contributed by atoms with Gasteiger partial charge < -0.3 is 10.1 Å². The van der Waals surface area contributed by atoms with Crippen molar-refractivity contribution in [2.45, 2.75) is 25.8 Å². The Balaban J connectivity index is 1.80. The number of carbonyl (C=O) groups is 2. The number of nitrogens with one attached hydrogen (secondary N) is 1. The van der Waals surface area contributed by atoms with Crippen LogP contribution >= 0.6 is 0 Å². The van der Waals surface area contributed by atoms with Gasteiger partial charge in [0.2, 0.25) is 0 Å². The maximum absolute atomic E-state index is 12.9. The molecule has 0 saturated heterocycles. The molecule has 0 radical (unpaired) electrons. The number of ether oxygens (including phenoxy) is 1. The summed E-state index contributed by atoms with van der Waals surface area (Å²) in [7, 11) is 0. The van der Waals surface area contributed by atoms with Gasteiger partial charge in [0, 0.05) is 17.0 Å². The van der Waals surface area contributed by atoms with Gasteiger partial charge in [0.15, 0.2) is 0 Å². The van der Waals surface area contributed by atoms with Crippen LogP contribution in [0.15, 0.2) is 72.8 Å². The van der Waals surface area contributed by atoms with Crippen LogP contribution in [0.5, 0.6) is 5.75 Å². The van der Waals surface area contributed by atoms with Crippen molar-refractivity contribution in [3.05, 3.63) is 101 Å². The van der Waals surface area contributed by atoms with Gasteiger partial charge in [-0.25, -0.2) is 4.79 Å². The largest absolute Gasteiger partial charge is 0.425 e. The Labute approximate surface area is 164 Å². The van der Waals surface area contributed by atoms with Crippen molar-refractivity contribution in [2.24, 2.45) is 0 Å². The summed E-state index contributed by atoms with van der Waals surface area (Å²) in [6.45, 7) is 3.99. The molecular formula is C24H21NO3. The fourth-order valence-electron chi connectivity index (χ4n) is 3.87. The molecule has 3 aromatic carbocycles. The van der Waals surface area contributed by atoms with Crippen LogP contribution in [0.3, 0.4) is 0 Å². The SMILES string of the molecule is Cc1cc(C)c2c(c1)OC(=O)[C@@H](NC(=O)c1ccccc1)[C@H]2c1ccccc1. The molecule has 28 heavy (non-hydrogen) atoms. The lowest BCUT2D eigenvalue weighted by Gasteiger charge is -2.34. The number of rotatable bonds is 3. The van der Waals surface area contributed by atoms with E-state index in [2.05, 4.69) is 11.4 Å². The predicted molar refractivity (Wildman–Crippen MR) is 108 cm³/mol. The van der Waals surface area contributed by atoms with Crippen LogP contribution in [0.1, 0.15) is 38.5 Å². The maximum Gasteiger partial charge on any atom is 0.335 e. The predicted octanol–water partition coefficient (Wildman–Crippen LogP) is 4.15. The summed E-state index contributed by atoms with van der Waals surface area (Å²) in [5.41, 5.74) is 4.48. The van der Waals surface area contributed by atoms with Crippen LogP contribution in [0, 0.1) is 13.8 Å². The van der Waals surface area contributed by atoms with E-state index >= 15 is 0 Å². The minimum absolute atomic E-state index is 0.295.